The van der Waals surface area contributed by atoms with E-state index < -0.39 is 0 Å². The highest BCUT2D eigenvalue weighted by Crippen LogP contribution is 2.32. The van der Waals surface area contributed by atoms with Crippen molar-refractivity contribution in [2.45, 2.75) is 64.7 Å². The lowest BCUT2D eigenvalue weighted by molar-refractivity contribution is -0.120. The van der Waals surface area contributed by atoms with Crippen LogP contribution in [0.4, 0.5) is 0 Å². The van der Waals surface area contributed by atoms with Gasteiger partial charge in [-0.3, -0.25) is 4.79 Å². The molecule has 1 heteroatoms. The molecule has 0 aromatic rings. The zero-order chi connectivity index (χ0) is 11.4. The summed E-state index contributed by atoms with van der Waals surface area (Å²) < 4.78 is 0. The van der Waals surface area contributed by atoms with Crippen LogP contribution in [0.25, 0.3) is 0 Å². The van der Waals surface area contributed by atoms with Crippen LogP contribution in [0.2, 0.25) is 0 Å². The summed E-state index contributed by atoms with van der Waals surface area (Å²) in [5.41, 5.74) is 1.16. The maximum Gasteiger partial charge on any atom is 0.161 e. The first-order valence-electron chi connectivity index (χ1n) is 7.00. The molecule has 0 aliphatic heterocycles. The number of Topliss-reactive ketones (excluding diaryl/α,β-unsaturated/α-hetero) is 1. The number of rotatable bonds is 2. The lowest BCUT2D eigenvalue weighted by Gasteiger charge is -2.25. The summed E-state index contributed by atoms with van der Waals surface area (Å²) in [7, 11) is 0. The Morgan fingerprint density at radius 2 is 1.88 bits per heavy atom. The fraction of sp³-hybridized carbons (Fsp3) is 0.800. The molecular weight excluding hydrogens is 196 g/mol. The minimum Gasteiger partial charge on any atom is -0.294 e. The molecule has 16 heavy (non-hydrogen) atoms. The Labute approximate surface area is 99.3 Å². The first-order valence-corrected chi connectivity index (χ1v) is 7.00. The summed E-state index contributed by atoms with van der Waals surface area (Å²) >= 11 is 0. The lowest BCUT2D eigenvalue weighted by atomic mass is 9.78. The summed E-state index contributed by atoms with van der Waals surface area (Å²) in [6.07, 6.45) is 13.0. The topological polar surface area (TPSA) is 17.1 Å². The molecule has 0 heterocycles. The molecule has 0 spiro atoms. The quantitative estimate of drug-likeness (QED) is 0.679. The minimum atomic E-state index is 0.362. The number of allylic oxidation sites excluding steroid dienone is 2. The van der Waals surface area contributed by atoms with Gasteiger partial charge in [-0.2, -0.15) is 0 Å². The van der Waals surface area contributed by atoms with E-state index in [0.29, 0.717) is 11.7 Å². The van der Waals surface area contributed by atoms with Crippen molar-refractivity contribution >= 4 is 5.78 Å². The Kier molecular flexibility index (Phi) is 4.20. The predicted molar refractivity (Wildman–Crippen MR) is 67.3 cm³/mol. The highest BCUT2D eigenvalue weighted by Gasteiger charge is 2.26. The fourth-order valence-electron chi connectivity index (χ4n) is 3.02. The van der Waals surface area contributed by atoms with Crippen molar-refractivity contribution in [1.29, 1.82) is 0 Å². The molecule has 0 radical (unpaired) electrons. The lowest BCUT2D eigenvalue weighted by Crippen LogP contribution is -2.22. The molecule has 90 valence electrons. The highest BCUT2D eigenvalue weighted by molar-refractivity contribution is 5.97. The Morgan fingerprint density at radius 1 is 1.12 bits per heavy atom. The summed E-state index contributed by atoms with van der Waals surface area (Å²) in [6.45, 7) is 2.31. The number of hydrogen-bond donors (Lipinski definition) is 0. The molecule has 1 fully saturated rings. The van der Waals surface area contributed by atoms with Crippen LogP contribution in [0.1, 0.15) is 64.7 Å². The summed E-state index contributed by atoms with van der Waals surface area (Å²) in [4.78, 5) is 12.3. The second-order valence-corrected chi connectivity index (χ2v) is 5.65. The molecule has 2 aliphatic carbocycles. The number of carbonyl (C=O) groups is 1. The summed E-state index contributed by atoms with van der Waals surface area (Å²) in [5.74, 6) is 1.70. The Morgan fingerprint density at radius 3 is 2.62 bits per heavy atom. The van der Waals surface area contributed by atoms with Gasteiger partial charge in [0.2, 0.25) is 0 Å². The van der Waals surface area contributed by atoms with Gasteiger partial charge in [0.25, 0.3) is 0 Å². The van der Waals surface area contributed by atoms with E-state index in [4.69, 9.17) is 0 Å². The zero-order valence-corrected chi connectivity index (χ0v) is 10.5. The van der Waals surface area contributed by atoms with Gasteiger partial charge in [-0.05, 0) is 50.0 Å². The van der Waals surface area contributed by atoms with Gasteiger partial charge in [-0.15, -0.1) is 0 Å². The molecule has 0 N–H and O–H groups in total. The SMILES string of the molecule is CC1CCC(C(=O)C2=CCCCCC2)CC1. The molecule has 0 aromatic carbocycles. The van der Waals surface area contributed by atoms with E-state index in [2.05, 4.69) is 13.0 Å². The maximum atomic E-state index is 12.3. The van der Waals surface area contributed by atoms with Crippen LogP contribution in [-0.2, 0) is 4.79 Å². The van der Waals surface area contributed by atoms with Crippen molar-refractivity contribution in [3.63, 3.8) is 0 Å². The van der Waals surface area contributed by atoms with Crippen molar-refractivity contribution in [3.05, 3.63) is 11.6 Å². The number of ketones is 1. The van der Waals surface area contributed by atoms with Crippen molar-refractivity contribution in [2.24, 2.45) is 11.8 Å². The van der Waals surface area contributed by atoms with Gasteiger partial charge in [0.1, 0.15) is 0 Å². The number of carbonyl (C=O) groups excluding carboxylic acids is 1. The average molecular weight is 220 g/mol. The van der Waals surface area contributed by atoms with Gasteiger partial charge in [0, 0.05) is 5.92 Å². The van der Waals surface area contributed by atoms with Crippen LogP contribution >= 0.6 is 0 Å². The van der Waals surface area contributed by atoms with Crippen LogP contribution in [0.5, 0.6) is 0 Å². The van der Waals surface area contributed by atoms with E-state index in [1.165, 1.54) is 32.1 Å². The van der Waals surface area contributed by atoms with Gasteiger partial charge < -0.3 is 0 Å². The van der Waals surface area contributed by atoms with Crippen LogP contribution in [0.3, 0.4) is 0 Å². The zero-order valence-electron chi connectivity index (χ0n) is 10.5. The molecule has 0 amide bonds. The van der Waals surface area contributed by atoms with Gasteiger partial charge in [0.15, 0.2) is 5.78 Å². The second-order valence-electron chi connectivity index (χ2n) is 5.65. The van der Waals surface area contributed by atoms with E-state index in [1.807, 2.05) is 0 Å². The first-order chi connectivity index (χ1) is 7.77. The van der Waals surface area contributed by atoms with Crippen molar-refractivity contribution in [3.8, 4) is 0 Å². The molecule has 1 saturated carbocycles. The van der Waals surface area contributed by atoms with Crippen molar-refractivity contribution < 1.29 is 4.79 Å². The van der Waals surface area contributed by atoms with Crippen molar-refractivity contribution in [2.75, 3.05) is 0 Å². The Hall–Kier alpha value is -0.590. The van der Waals surface area contributed by atoms with E-state index in [9.17, 15) is 4.79 Å². The standard InChI is InChI=1S/C15H24O/c1-12-8-10-14(11-9-12)15(16)13-6-4-2-3-5-7-13/h6,12,14H,2-5,7-11H2,1H3. The molecule has 0 aromatic heterocycles. The van der Waals surface area contributed by atoms with Crippen LogP contribution in [0.15, 0.2) is 11.6 Å². The van der Waals surface area contributed by atoms with E-state index >= 15 is 0 Å². The third-order valence-electron chi connectivity index (χ3n) is 4.24. The third-order valence-corrected chi connectivity index (χ3v) is 4.24. The van der Waals surface area contributed by atoms with Gasteiger partial charge >= 0.3 is 0 Å². The largest absolute Gasteiger partial charge is 0.294 e. The summed E-state index contributed by atoms with van der Waals surface area (Å²) in [5, 5.41) is 0. The minimum absolute atomic E-state index is 0.362. The van der Waals surface area contributed by atoms with Crippen molar-refractivity contribution in [1.82, 2.24) is 0 Å². The smallest absolute Gasteiger partial charge is 0.161 e. The van der Waals surface area contributed by atoms with E-state index in [-0.39, 0.29) is 0 Å². The summed E-state index contributed by atoms with van der Waals surface area (Å²) in [6, 6.07) is 0. The van der Waals surface area contributed by atoms with E-state index in [1.54, 1.807) is 0 Å². The highest BCUT2D eigenvalue weighted by atomic mass is 16.1. The Balaban J connectivity index is 1.93. The molecule has 0 unspecified atom stereocenters. The van der Waals surface area contributed by atoms with Crippen LogP contribution in [0, 0.1) is 11.8 Å². The predicted octanol–water partition coefficient (Wildman–Crippen LogP) is 4.27. The molecule has 2 rings (SSSR count). The average Bonchev–Trinajstić information content (AvgIpc) is 2.57. The van der Waals surface area contributed by atoms with Crippen LogP contribution in [-0.4, -0.2) is 5.78 Å². The fourth-order valence-corrected chi connectivity index (χ4v) is 3.02. The molecule has 0 atom stereocenters. The number of hydrogen-bond acceptors (Lipinski definition) is 1. The molecule has 2 aliphatic rings. The first kappa shape index (κ1) is 11.9. The maximum absolute atomic E-state index is 12.3. The normalized spacial score (nSPS) is 31.7. The monoisotopic (exact) mass is 220 g/mol. The Bertz CT molecular complexity index is 269. The van der Waals surface area contributed by atoms with Gasteiger partial charge in [-0.25, -0.2) is 0 Å². The molecule has 0 saturated heterocycles. The van der Waals surface area contributed by atoms with Gasteiger partial charge in [-0.1, -0.05) is 32.3 Å². The van der Waals surface area contributed by atoms with Gasteiger partial charge in [0.05, 0.1) is 0 Å². The van der Waals surface area contributed by atoms with E-state index in [0.717, 1.165) is 37.2 Å². The molecule has 0 bridgehead atoms. The molecule has 1 nitrogen and oxygen atoms in total. The molecular formula is C15H24O. The van der Waals surface area contributed by atoms with Crippen LogP contribution < -0.4 is 0 Å². The third kappa shape index (κ3) is 2.96. The second kappa shape index (κ2) is 5.65.